The van der Waals surface area contributed by atoms with Gasteiger partial charge in [-0.3, -0.25) is 0 Å². The van der Waals surface area contributed by atoms with E-state index in [0.717, 1.165) is 31.2 Å². The van der Waals surface area contributed by atoms with E-state index in [1.165, 1.54) is 18.9 Å². The molecular formula is C12H17FN2. The van der Waals surface area contributed by atoms with Gasteiger partial charge in [-0.1, -0.05) is 12.1 Å². The van der Waals surface area contributed by atoms with Crippen molar-refractivity contribution in [3.63, 3.8) is 0 Å². The number of hydrogen-bond donors (Lipinski definition) is 2. The van der Waals surface area contributed by atoms with Crippen LogP contribution in [0.15, 0.2) is 24.3 Å². The summed E-state index contributed by atoms with van der Waals surface area (Å²) in [4.78, 5) is 0. The quantitative estimate of drug-likeness (QED) is 0.695. The molecule has 0 unspecified atom stereocenters. The molecule has 1 saturated carbocycles. The molecule has 2 N–H and O–H groups in total. The van der Waals surface area contributed by atoms with Crippen LogP contribution in [0.5, 0.6) is 0 Å². The Labute approximate surface area is 89.9 Å². The molecule has 0 radical (unpaired) electrons. The van der Waals surface area contributed by atoms with Gasteiger partial charge < -0.3 is 10.6 Å². The van der Waals surface area contributed by atoms with Gasteiger partial charge in [-0.15, -0.1) is 0 Å². The van der Waals surface area contributed by atoms with Crippen LogP contribution in [0, 0.1) is 5.82 Å². The fraction of sp³-hybridized carbons (Fsp3) is 0.500. The molecular weight excluding hydrogens is 191 g/mol. The minimum absolute atomic E-state index is 0.162. The van der Waals surface area contributed by atoms with Crippen LogP contribution in [0.25, 0.3) is 0 Å². The van der Waals surface area contributed by atoms with E-state index in [4.69, 9.17) is 0 Å². The second kappa shape index (κ2) is 5.24. The Bertz CT molecular complexity index is 310. The molecule has 1 aromatic carbocycles. The van der Waals surface area contributed by atoms with Crippen molar-refractivity contribution in [3.05, 3.63) is 35.6 Å². The van der Waals surface area contributed by atoms with Crippen LogP contribution >= 0.6 is 0 Å². The standard InChI is InChI=1S/C12H17FN2/c13-11-3-1-2-10(8-11)9-14-6-7-15-12-4-5-12/h1-3,8,12,14-15H,4-7,9H2. The third-order valence-electron chi connectivity index (χ3n) is 2.53. The van der Waals surface area contributed by atoms with Crippen molar-refractivity contribution in [2.45, 2.75) is 25.4 Å². The molecule has 0 bridgehead atoms. The summed E-state index contributed by atoms with van der Waals surface area (Å²) in [5, 5.41) is 6.70. The number of benzene rings is 1. The Morgan fingerprint density at radius 3 is 2.87 bits per heavy atom. The van der Waals surface area contributed by atoms with Crippen molar-refractivity contribution in [1.29, 1.82) is 0 Å². The molecule has 0 saturated heterocycles. The third kappa shape index (κ3) is 3.98. The maximum absolute atomic E-state index is 12.8. The minimum Gasteiger partial charge on any atom is -0.313 e. The van der Waals surface area contributed by atoms with Crippen molar-refractivity contribution in [3.8, 4) is 0 Å². The van der Waals surface area contributed by atoms with Crippen LogP contribution in [0.3, 0.4) is 0 Å². The number of hydrogen-bond acceptors (Lipinski definition) is 2. The number of rotatable bonds is 6. The van der Waals surface area contributed by atoms with Gasteiger partial charge in [0.1, 0.15) is 5.82 Å². The van der Waals surface area contributed by atoms with Gasteiger partial charge in [-0.05, 0) is 30.5 Å². The van der Waals surface area contributed by atoms with Crippen molar-refractivity contribution < 1.29 is 4.39 Å². The summed E-state index contributed by atoms with van der Waals surface area (Å²) in [7, 11) is 0. The molecule has 0 aromatic heterocycles. The summed E-state index contributed by atoms with van der Waals surface area (Å²) in [6, 6.07) is 7.49. The predicted octanol–water partition coefficient (Wildman–Crippen LogP) is 1.67. The second-order valence-electron chi connectivity index (χ2n) is 4.04. The zero-order valence-corrected chi connectivity index (χ0v) is 8.80. The third-order valence-corrected chi connectivity index (χ3v) is 2.53. The van der Waals surface area contributed by atoms with E-state index >= 15 is 0 Å². The molecule has 1 aliphatic rings. The lowest BCUT2D eigenvalue weighted by Crippen LogP contribution is -2.28. The second-order valence-corrected chi connectivity index (χ2v) is 4.04. The minimum atomic E-state index is -0.162. The van der Waals surface area contributed by atoms with Crippen LogP contribution in [0.4, 0.5) is 4.39 Å². The smallest absolute Gasteiger partial charge is 0.123 e. The van der Waals surface area contributed by atoms with Gasteiger partial charge in [0, 0.05) is 25.7 Å². The summed E-state index contributed by atoms with van der Waals surface area (Å²) in [6.45, 7) is 2.68. The summed E-state index contributed by atoms with van der Waals surface area (Å²) in [5.74, 6) is -0.162. The molecule has 0 amide bonds. The number of nitrogens with one attached hydrogen (secondary N) is 2. The van der Waals surface area contributed by atoms with Crippen LogP contribution in [-0.2, 0) is 6.54 Å². The SMILES string of the molecule is Fc1cccc(CNCCNC2CC2)c1. The topological polar surface area (TPSA) is 24.1 Å². The lowest BCUT2D eigenvalue weighted by molar-refractivity contribution is 0.600. The first-order valence-corrected chi connectivity index (χ1v) is 5.53. The maximum atomic E-state index is 12.8. The van der Waals surface area contributed by atoms with Gasteiger partial charge in [0.2, 0.25) is 0 Å². The van der Waals surface area contributed by atoms with E-state index in [2.05, 4.69) is 10.6 Å². The molecule has 0 heterocycles. The average molecular weight is 208 g/mol. The normalized spacial score (nSPS) is 15.5. The fourth-order valence-corrected chi connectivity index (χ4v) is 1.53. The van der Waals surface area contributed by atoms with Gasteiger partial charge in [0.25, 0.3) is 0 Å². The van der Waals surface area contributed by atoms with Crippen molar-refractivity contribution >= 4 is 0 Å². The zero-order chi connectivity index (χ0) is 10.5. The average Bonchev–Trinajstić information content (AvgIpc) is 3.01. The lowest BCUT2D eigenvalue weighted by atomic mass is 10.2. The Morgan fingerprint density at radius 1 is 1.27 bits per heavy atom. The summed E-state index contributed by atoms with van der Waals surface area (Å²) in [6.07, 6.45) is 2.65. The van der Waals surface area contributed by atoms with Crippen LogP contribution < -0.4 is 10.6 Å². The first kappa shape index (κ1) is 10.6. The van der Waals surface area contributed by atoms with E-state index < -0.39 is 0 Å². The van der Waals surface area contributed by atoms with Crippen molar-refractivity contribution in [1.82, 2.24) is 10.6 Å². The highest BCUT2D eigenvalue weighted by molar-refractivity contribution is 5.15. The summed E-state index contributed by atoms with van der Waals surface area (Å²) >= 11 is 0. The Hall–Kier alpha value is -0.930. The maximum Gasteiger partial charge on any atom is 0.123 e. The Morgan fingerprint density at radius 2 is 2.13 bits per heavy atom. The molecule has 15 heavy (non-hydrogen) atoms. The zero-order valence-electron chi connectivity index (χ0n) is 8.80. The molecule has 2 rings (SSSR count). The molecule has 82 valence electrons. The van der Waals surface area contributed by atoms with Crippen molar-refractivity contribution in [2.24, 2.45) is 0 Å². The molecule has 1 aromatic rings. The Kier molecular flexibility index (Phi) is 3.69. The number of halogens is 1. The monoisotopic (exact) mass is 208 g/mol. The largest absolute Gasteiger partial charge is 0.313 e. The molecule has 1 fully saturated rings. The van der Waals surface area contributed by atoms with E-state index in [-0.39, 0.29) is 5.82 Å². The van der Waals surface area contributed by atoms with Crippen LogP contribution in [-0.4, -0.2) is 19.1 Å². The molecule has 2 nitrogen and oxygen atoms in total. The van der Waals surface area contributed by atoms with Crippen molar-refractivity contribution in [2.75, 3.05) is 13.1 Å². The van der Waals surface area contributed by atoms with Gasteiger partial charge in [0.15, 0.2) is 0 Å². The molecule has 3 heteroatoms. The van der Waals surface area contributed by atoms with E-state index in [9.17, 15) is 4.39 Å². The fourth-order valence-electron chi connectivity index (χ4n) is 1.53. The van der Waals surface area contributed by atoms with E-state index in [1.807, 2.05) is 6.07 Å². The highest BCUT2D eigenvalue weighted by Crippen LogP contribution is 2.17. The lowest BCUT2D eigenvalue weighted by Gasteiger charge is -2.05. The Balaban J connectivity index is 1.60. The van der Waals surface area contributed by atoms with Gasteiger partial charge >= 0.3 is 0 Å². The van der Waals surface area contributed by atoms with E-state index in [0.29, 0.717) is 0 Å². The van der Waals surface area contributed by atoms with Crippen LogP contribution in [0.2, 0.25) is 0 Å². The predicted molar refractivity (Wildman–Crippen MR) is 59.1 cm³/mol. The molecule has 0 atom stereocenters. The van der Waals surface area contributed by atoms with Crippen LogP contribution in [0.1, 0.15) is 18.4 Å². The molecule has 0 aliphatic heterocycles. The van der Waals surface area contributed by atoms with E-state index in [1.54, 1.807) is 12.1 Å². The van der Waals surface area contributed by atoms with Gasteiger partial charge in [-0.2, -0.15) is 0 Å². The first-order chi connectivity index (χ1) is 7.34. The summed E-state index contributed by atoms with van der Waals surface area (Å²) < 4.78 is 12.8. The van der Waals surface area contributed by atoms with Gasteiger partial charge in [0.05, 0.1) is 0 Å². The molecule has 1 aliphatic carbocycles. The summed E-state index contributed by atoms with van der Waals surface area (Å²) in [5.41, 5.74) is 1.00. The highest BCUT2D eigenvalue weighted by atomic mass is 19.1. The first-order valence-electron chi connectivity index (χ1n) is 5.53. The highest BCUT2D eigenvalue weighted by Gasteiger charge is 2.19. The molecule has 0 spiro atoms. The van der Waals surface area contributed by atoms with Gasteiger partial charge in [-0.25, -0.2) is 4.39 Å².